The van der Waals surface area contributed by atoms with E-state index in [-0.39, 0.29) is 18.3 Å². The first kappa shape index (κ1) is 14.8. The van der Waals surface area contributed by atoms with Crippen molar-refractivity contribution in [3.05, 3.63) is 30.5 Å². The Balaban J connectivity index is 0.00000147. The monoisotopic (exact) mass is 295 g/mol. The number of carbonyl (C=O) groups is 1. The number of hydrogen-bond donors (Lipinski definition) is 3. The van der Waals surface area contributed by atoms with Gasteiger partial charge in [-0.05, 0) is 31.0 Å². The van der Waals surface area contributed by atoms with Crippen LogP contribution in [0.15, 0.2) is 30.5 Å². The zero-order chi connectivity index (χ0) is 13.3. The molecule has 1 fully saturated rings. The average Bonchev–Trinajstić information content (AvgIpc) is 2.89. The van der Waals surface area contributed by atoms with Crippen LogP contribution < -0.4 is 11.1 Å². The van der Waals surface area contributed by atoms with E-state index in [1.54, 1.807) is 0 Å². The number of anilines is 1. The third-order valence-electron chi connectivity index (χ3n) is 3.68. The van der Waals surface area contributed by atoms with Crippen LogP contribution in [0.4, 0.5) is 5.69 Å². The van der Waals surface area contributed by atoms with Gasteiger partial charge in [0.1, 0.15) is 5.54 Å². The van der Waals surface area contributed by atoms with Crippen LogP contribution >= 0.6 is 12.4 Å². The summed E-state index contributed by atoms with van der Waals surface area (Å²) >= 11 is 0. The van der Waals surface area contributed by atoms with Gasteiger partial charge in [0.25, 0.3) is 0 Å². The molecule has 0 bridgehead atoms. The van der Waals surface area contributed by atoms with Crippen molar-refractivity contribution in [2.75, 3.05) is 18.5 Å². The second-order valence-corrected chi connectivity index (χ2v) is 4.97. The van der Waals surface area contributed by atoms with Gasteiger partial charge in [-0.25, -0.2) is 0 Å². The minimum absolute atomic E-state index is 0. The molecule has 1 aromatic carbocycles. The number of rotatable bonds is 2. The number of hydrogen-bond acceptors (Lipinski definition) is 3. The molecule has 0 atom stereocenters. The Labute approximate surface area is 123 Å². The van der Waals surface area contributed by atoms with E-state index in [0.717, 1.165) is 16.6 Å². The van der Waals surface area contributed by atoms with Crippen molar-refractivity contribution >= 4 is 34.9 Å². The van der Waals surface area contributed by atoms with Crippen LogP contribution in [0.25, 0.3) is 10.9 Å². The summed E-state index contributed by atoms with van der Waals surface area (Å²) in [5, 5.41) is 3.93. The van der Waals surface area contributed by atoms with Crippen molar-refractivity contribution < 1.29 is 9.53 Å². The van der Waals surface area contributed by atoms with Crippen molar-refractivity contribution in [2.45, 2.75) is 18.4 Å². The van der Waals surface area contributed by atoms with Gasteiger partial charge in [-0.2, -0.15) is 0 Å². The van der Waals surface area contributed by atoms with Crippen molar-refractivity contribution in [1.29, 1.82) is 0 Å². The quantitative estimate of drug-likeness (QED) is 0.793. The Morgan fingerprint density at radius 2 is 2.05 bits per heavy atom. The van der Waals surface area contributed by atoms with Crippen LogP contribution in [0.2, 0.25) is 0 Å². The summed E-state index contributed by atoms with van der Waals surface area (Å²) in [6.07, 6.45) is 2.97. The molecule has 0 saturated carbocycles. The molecule has 0 aliphatic carbocycles. The van der Waals surface area contributed by atoms with E-state index in [4.69, 9.17) is 10.5 Å². The van der Waals surface area contributed by atoms with Gasteiger partial charge in [-0.1, -0.05) is 6.07 Å². The van der Waals surface area contributed by atoms with Gasteiger partial charge in [-0.3, -0.25) is 4.79 Å². The Hall–Kier alpha value is -1.56. The van der Waals surface area contributed by atoms with Gasteiger partial charge in [0.15, 0.2) is 0 Å². The minimum atomic E-state index is -0.823. The van der Waals surface area contributed by atoms with Crippen LogP contribution in [-0.2, 0) is 9.53 Å². The number of aromatic amines is 1. The van der Waals surface area contributed by atoms with E-state index in [0.29, 0.717) is 26.1 Å². The fraction of sp³-hybridized carbons (Fsp3) is 0.357. The molecule has 1 aromatic heterocycles. The fourth-order valence-electron chi connectivity index (χ4n) is 2.40. The minimum Gasteiger partial charge on any atom is -0.381 e. The summed E-state index contributed by atoms with van der Waals surface area (Å²) < 4.78 is 5.26. The van der Waals surface area contributed by atoms with Crippen LogP contribution in [0.3, 0.4) is 0 Å². The molecule has 0 unspecified atom stereocenters. The van der Waals surface area contributed by atoms with Gasteiger partial charge < -0.3 is 20.8 Å². The van der Waals surface area contributed by atoms with Crippen molar-refractivity contribution in [2.24, 2.45) is 5.73 Å². The third-order valence-corrected chi connectivity index (χ3v) is 3.68. The van der Waals surface area contributed by atoms with E-state index >= 15 is 0 Å². The molecule has 5 nitrogen and oxygen atoms in total. The topological polar surface area (TPSA) is 80.1 Å². The lowest BCUT2D eigenvalue weighted by Crippen LogP contribution is -2.54. The standard InChI is InChI=1S/C14H17N3O2.ClH/c15-14(5-8-19-9-6-14)13(18)17-12-3-1-2-11-10(12)4-7-16-11;/h1-4,7,16H,5-6,8-9,15H2,(H,17,18);1H. The molecule has 3 rings (SSSR count). The fourth-order valence-corrected chi connectivity index (χ4v) is 2.40. The number of H-pyrrole nitrogens is 1. The van der Waals surface area contributed by atoms with E-state index in [9.17, 15) is 4.79 Å². The first-order chi connectivity index (χ1) is 9.19. The van der Waals surface area contributed by atoms with Gasteiger partial charge in [0, 0.05) is 30.3 Å². The summed E-state index contributed by atoms with van der Waals surface area (Å²) in [5.41, 5.74) is 7.14. The number of aromatic nitrogens is 1. The predicted molar refractivity (Wildman–Crippen MR) is 81.1 cm³/mol. The number of carbonyl (C=O) groups excluding carboxylic acids is 1. The Kier molecular flexibility index (Phi) is 4.32. The molecule has 20 heavy (non-hydrogen) atoms. The largest absolute Gasteiger partial charge is 0.381 e. The highest BCUT2D eigenvalue weighted by molar-refractivity contribution is 6.04. The maximum absolute atomic E-state index is 12.4. The number of halogens is 1. The molecule has 6 heteroatoms. The molecule has 1 amide bonds. The number of nitrogens with one attached hydrogen (secondary N) is 2. The molecule has 2 heterocycles. The van der Waals surface area contributed by atoms with Crippen molar-refractivity contribution in [1.82, 2.24) is 4.98 Å². The van der Waals surface area contributed by atoms with Crippen LogP contribution in [0, 0.1) is 0 Å². The number of fused-ring (bicyclic) bond motifs is 1. The summed E-state index contributed by atoms with van der Waals surface area (Å²) in [6.45, 7) is 1.08. The van der Waals surface area contributed by atoms with Crippen LogP contribution in [-0.4, -0.2) is 29.6 Å². The lowest BCUT2D eigenvalue weighted by Gasteiger charge is -2.31. The first-order valence-electron chi connectivity index (χ1n) is 6.43. The van der Waals surface area contributed by atoms with Crippen molar-refractivity contribution in [3.8, 4) is 0 Å². The normalized spacial score (nSPS) is 17.4. The summed E-state index contributed by atoms with van der Waals surface area (Å²) in [6, 6.07) is 7.70. The SMILES string of the molecule is Cl.NC1(C(=O)Nc2cccc3[nH]ccc23)CCOCC1. The molecule has 108 valence electrons. The molecule has 1 saturated heterocycles. The first-order valence-corrected chi connectivity index (χ1v) is 6.43. The maximum atomic E-state index is 12.4. The van der Waals surface area contributed by atoms with Gasteiger partial charge in [-0.15, -0.1) is 12.4 Å². The maximum Gasteiger partial charge on any atom is 0.244 e. The van der Waals surface area contributed by atoms with E-state index in [2.05, 4.69) is 10.3 Å². The number of amides is 1. The lowest BCUT2D eigenvalue weighted by atomic mass is 9.90. The van der Waals surface area contributed by atoms with Gasteiger partial charge >= 0.3 is 0 Å². The lowest BCUT2D eigenvalue weighted by molar-refractivity contribution is -0.124. The third kappa shape index (κ3) is 2.65. The molecular weight excluding hydrogens is 278 g/mol. The molecule has 1 aliphatic heterocycles. The molecule has 0 radical (unpaired) electrons. The van der Waals surface area contributed by atoms with Gasteiger partial charge in [0.05, 0.1) is 5.69 Å². The molecular formula is C14H18ClN3O2. The average molecular weight is 296 g/mol. The Bertz CT molecular complexity index is 605. The summed E-state index contributed by atoms with van der Waals surface area (Å²) in [5.74, 6) is -0.135. The van der Waals surface area contributed by atoms with E-state index in [1.165, 1.54) is 0 Å². The molecule has 4 N–H and O–H groups in total. The summed E-state index contributed by atoms with van der Waals surface area (Å²) in [4.78, 5) is 15.5. The van der Waals surface area contributed by atoms with Crippen molar-refractivity contribution in [3.63, 3.8) is 0 Å². The second-order valence-electron chi connectivity index (χ2n) is 4.97. The molecule has 2 aromatic rings. The Morgan fingerprint density at radius 3 is 2.80 bits per heavy atom. The number of nitrogens with two attached hydrogens (primary N) is 1. The zero-order valence-electron chi connectivity index (χ0n) is 11.0. The highest BCUT2D eigenvalue weighted by atomic mass is 35.5. The highest BCUT2D eigenvalue weighted by Gasteiger charge is 2.36. The Morgan fingerprint density at radius 1 is 1.30 bits per heavy atom. The van der Waals surface area contributed by atoms with Crippen LogP contribution in [0.5, 0.6) is 0 Å². The van der Waals surface area contributed by atoms with Gasteiger partial charge in [0.2, 0.25) is 5.91 Å². The van der Waals surface area contributed by atoms with Crippen LogP contribution in [0.1, 0.15) is 12.8 Å². The van der Waals surface area contributed by atoms with E-state index in [1.807, 2.05) is 30.5 Å². The predicted octanol–water partition coefficient (Wildman–Crippen LogP) is 2.04. The second kappa shape index (κ2) is 5.83. The highest BCUT2D eigenvalue weighted by Crippen LogP contribution is 2.25. The summed E-state index contributed by atoms with van der Waals surface area (Å²) in [7, 11) is 0. The smallest absolute Gasteiger partial charge is 0.244 e. The molecule has 1 aliphatic rings. The molecule has 0 spiro atoms. The number of benzene rings is 1. The van der Waals surface area contributed by atoms with E-state index < -0.39 is 5.54 Å². The zero-order valence-corrected chi connectivity index (χ0v) is 11.8. The number of ether oxygens (including phenoxy) is 1.